The van der Waals surface area contributed by atoms with Crippen LogP contribution in [0.15, 0.2) is 77.7 Å². The first-order chi connectivity index (χ1) is 13.1. The van der Waals surface area contributed by atoms with Gasteiger partial charge in [-0.15, -0.1) is 0 Å². The average molecular weight is 363 g/mol. The van der Waals surface area contributed by atoms with Crippen LogP contribution in [0.2, 0.25) is 0 Å². The van der Waals surface area contributed by atoms with E-state index in [2.05, 4.69) is 10.6 Å². The van der Waals surface area contributed by atoms with E-state index in [1.54, 1.807) is 29.9 Å². The van der Waals surface area contributed by atoms with Gasteiger partial charge in [0.1, 0.15) is 6.61 Å². The Labute approximate surface area is 157 Å². The molecule has 0 saturated carbocycles. The number of amides is 2. The molecule has 0 saturated heterocycles. The minimum absolute atomic E-state index is 0.218. The lowest BCUT2D eigenvalue weighted by molar-refractivity contribution is 0.251. The molecule has 6 nitrogen and oxygen atoms in total. The van der Waals surface area contributed by atoms with E-state index in [4.69, 9.17) is 4.74 Å². The molecule has 0 fully saturated rings. The first-order valence-electron chi connectivity index (χ1n) is 8.58. The first-order valence-corrected chi connectivity index (χ1v) is 8.58. The molecule has 2 aromatic carbocycles. The van der Waals surface area contributed by atoms with Gasteiger partial charge in [-0.05, 0) is 17.7 Å². The van der Waals surface area contributed by atoms with Crippen molar-refractivity contribution in [1.82, 2.24) is 9.88 Å². The van der Waals surface area contributed by atoms with Crippen LogP contribution >= 0.6 is 0 Å². The number of rotatable bonds is 6. The van der Waals surface area contributed by atoms with Crippen molar-refractivity contribution >= 4 is 11.7 Å². The van der Waals surface area contributed by atoms with Crippen LogP contribution in [0.5, 0.6) is 5.75 Å². The molecule has 0 spiro atoms. The van der Waals surface area contributed by atoms with Gasteiger partial charge < -0.3 is 19.9 Å². The van der Waals surface area contributed by atoms with Crippen LogP contribution in [0.25, 0.3) is 0 Å². The topological polar surface area (TPSA) is 72.4 Å². The van der Waals surface area contributed by atoms with Gasteiger partial charge in [-0.1, -0.05) is 48.5 Å². The predicted molar refractivity (Wildman–Crippen MR) is 105 cm³/mol. The zero-order valence-corrected chi connectivity index (χ0v) is 15.0. The first kappa shape index (κ1) is 18.3. The van der Waals surface area contributed by atoms with Crippen LogP contribution < -0.4 is 20.8 Å². The lowest BCUT2D eigenvalue weighted by atomic mass is 10.2. The van der Waals surface area contributed by atoms with Crippen LogP contribution in [-0.4, -0.2) is 10.6 Å². The summed E-state index contributed by atoms with van der Waals surface area (Å²) in [4.78, 5) is 24.3. The molecule has 3 rings (SSSR count). The molecular weight excluding hydrogens is 342 g/mol. The third kappa shape index (κ3) is 5.22. The number of pyridine rings is 1. The number of hydrogen-bond acceptors (Lipinski definition) is 3. The fraction of sp³-hybridized carbons (Fsp3) is 0.143. The molecule has 0 bridgehead atoms. The zero-order valence-electron chi connectivity index (χ0n) is 15.0. The molecule has 0 unspecified atom stereocenters. The summed E-state index contributed by atoms with van der Waals surface area (Å²) in [6.07, 6.45) is 1.64. The Hall–Kier alpha value is -3.54. The van der Waals surface area contributed by atoms with Crippen molar-refractivity contribution in [1.29, 1.82) is 0 Å². The van der Waals surface area contributed by atoms with E-state index in [-0.39, 0.29) is 23.8 Å². The van der Waals surface area contributed by atoms with Crippen molar-refractivity contribution in [3.8, 4) is 5.75 Å². The van der Waals surface area contributed by atoms with E-state index in [0.717, 1.165) is 5.56 Å². The van der Waals surface area contributed by atoms with Crippen LogP contribution in [0.4, 0.5) is 10.5 Å². The number of nitrogens with one attached hydrogen (secondary N) is 2. The molecule has 1 heterocycles. The maximum Gasteiger partial charge on any atom is 0.319 e. The highest BCUT2D eigenvalue weighted by Gasteiger charge is 2.08. The standard InChI is InChI=1S/C21H21N3O3/c1-24-14-20(27-15-16-8-4-2-5-9-16)19(25)12-18(24)13-22-21(26)23-17-10-6-3-7-11-17/h2-12,14H,13,15H2,1H3,(H2,22,23,26). The number of anilines is 1. The molecule has 1 aromatic heterocycles. The van der Waals surface area contributed by atoms with Gasteiger partial charge in [0.2, 0.25) is 5.43 Å². The van der Waals surface area contributed by atoms with E-state index >= 15 is 0 Å². The number of aryl methyl sites for hydroxylation is 1. The third-order valence-corrected chi connectivity index (χ3v) is 4.00. The molecule has 0 radical (unpaired) electrons. The maximum atomic E-state index is 12.3. The minimum atomic E-state index is -0.335. The lowest BCUT2D eigenvalue weighted by Gasteiger charge is -2.13. The van der Waals surface area contributed by atoms with Crippen LogP contribution in [0.3, 0.4) is 0 Å². The van der Waals surface area contributed by atoms with Gasteiger partial charge in [0.15, 0.2) is 5.75 Å². The summed E-state index contributed by atoms with van der Waals surface area (Å²) in [5.74, 6) is 0.277. The second-order valence-corrected chi connectivity index (χ2v) is 6.05. The van der Waals surface area contributed by atoms with Crippen LogP contribution in [0.1, 0.15) is 11.3 Å². The lowest BCUT2D eigenvalue weighted by Crippen LogP contribution is -2.29. The molecule has 138 valence electrons. The van der Waals surface area contributed by atoms with E-state index in [9.17, 15) is 9.59 Å². The summed E-state index contributed by atoms with van der Waals surface area (Å²) in [5.41, 5.74) is 2.15. The Balaban J connectivity index is 1.59. The molecule has 0 aliphatic heterocycles. The third-order valence-electron chi connectivity index (χ3n) is 4.00. The van der Waals surface area contributed by atoms with E-state index in [1.807, 2.05) is 48.5 Å². The van der Waals surface area contributed by atoms with Gasteiger partial charge in [-0.2, -0.15) is 0 Å². The fourth-order valence-corrected chi connectivity index (χ4v) is 2.53. The summed E-state index contributed by atoms with van der Waals surface area (Å²) >= 11 is 0. The van der Waals surface area contributed by atoms with E-state index < -0.39 is 0 Å². The van der Waals surface area contributed by atoms with Gasteiger partial charge in [0, 0.05) is 24.5 Å². The summed E-state index contributed by atoms with van der Waals surface area (Å²) in [6, 6.07) is 19.9. The van der Waals surface area contributed by atoms with Crippen LogP contribution in [-0.2, 0) is 20.2 Å². The van der Waals surface area contributed by atoms with Crippen molar-refractivity contribution < 1.29 is 9.53 Å². The number of hydrogen-bond donors (Lipinski definition) is 2. The summed E-state index contributed by atoms with van der Waals surface area (Å²) in [5, 5.41) is 5.48. The molecular formula is C21H21N3O3. The largest absolute Gasteiger partial charge is 0.483 e. The zero-order chi connectivity index (χ0) is 19.1. The Morgan fingerprint density at radius 2 is 1.70 bits per heavy atom. The molecule has 0 atom stereocenters. The van der Waals surface area contributed by atoms with Crippen molar-refractivity contribution in [2.24, 2.45) is 7.05 Å². The number of carbonyl (C=O) groups excluding carboxylic acids is 1. The number of carbonyl (C=O) groups is 1. The van der Waals surface area contributed by atoms with Gasteiger partial charge in [-0.25, -0.2) is 4.79 Å². The van der Waals surface area contributed by atoms with Crippen LogP contribution in [0, 0.1) is 0 Å². The average Bonchev–Trinajstić information content (AvgIpc) is 2.69. The van der Waals surface area contributed by atoms with E-state index in [1.165, 1.54) is 6.07 Å². The number of nitrogens with zero attached hydrogens (tertiary/aromatic N) is 1. The number of ether oxygens (including phenoxy) is 1. The molecule has 6 heteroatoms. The second kappa shape index (κ2) is 8.71. The maximum absolute atomic E-state index is 12.3. The van der Waals surface area contributed by atoms with Gasteiger partial charge in [0.25, 0.3) is 0 Å². The minimum Gasteiger partial charge on any atom is -0.483 e. The molecule has 3 aromatic rings. The molecule has 0 aliphatic rings. The monoisotopic (exact) mass is 363 g/mol. The van der Waals surface area contributed by atoms with Gasteiger partial charge in [0.05, 0.1) is 12.7 Å². The number of urea groups is 1. The summed E-state index contributed by atoms with van der Waals surface area (Å²) in [6.45, 7) is 0.552. The Morgan fingerprint density at radius 3 is 2.41 bits per heavy atom. The fourth-order valence-electron chi connectivity index (χ4n) is 2.53. The molecule has 2 N–H and O–H groups in total. The number of benzene rings is 2. The smallest absolute Gasteiger partial charge is 0.319 e. The quantitative estimate of drug-likeness (QED) is 0.706. The van der Waals surface area contributed by atoms with Crippen molar-refractivity contribution in [3.05, 3.63) is 94.4 Å². The summed E-state index contributed by atoms with van der Waals surface area (Å²) < 4.78 is 7.40. The Morgan fingerprint density at radius 1 is 1.04 bits per heavy atom. The van der Waals surface area contributed by atoms with Crippen molar-refractivity contribution in [3.63, 3.8) is 0 Å². The highest BCUT2D eigenvalue weighted by Crippen LogP contribution is 2.09. The molecule has 0 aliphatic carbocycles. The van der Waals surface area contributed by atoms with E-state index in [0.29, 0.717) is 18.0 Å². The molecule has 2 amide bonds. The Bertz CT molecular complexity index is 953. The second-order valence-electron chi connectivity index (χ2n) is 6.05. The normalized spacial score (nSPS) is 10.3. The molecule has 27 heavy (non-hydrogen) atoms. The van der Waals surface area contributed by atoms with Gasteiger partial charge in [-0.3, -0.25) is 4.79 Å². The summed E-state index contributed by atoms with van der Waals surface area (Å²) in [7, 11) is 1.81. The van der Waals surface area contributed by atoms with Crippen molar-refractivity contribution in [2.75, 3.05) is 5.32 Å². The number of para-hydroxylation sites is 1. The predicted octanol–water partition coefficient (Wildman–Crippen LogP) is 3.29. The van der Waals surface area contributed by atoms with Crippen molar-refractivity contribution in [2.45, 2.75) is 13.2 Å². The SMILES string of the molecule is Cn1cc(OCc2ccccc2)c(=O)cc1CNC(=O)Nc1ccccc1. The van der Waals surface area contributed by atoms with Gasteiger partial charge >= 0.3 is 6.03 Å². The highest BCUT2D eigenvalue weighted by atomic mass is 16.5. The highest BCUT2D eigenvalue weighted by molar-refractivity contribution is 5.89. The Kier molecular flexibility index (Phi) is 5.89. The number of aromatic nitrogens is 1.